The molecule has 95 valence electrons. The molecule has 0 amide bonds. The third kappa shape index (κ3) is 7.81. The number of ether oxygens (including phenoxy) is 1. The highest BCUT2D eigenvalue weighted by molar-refractivity contribution is 5.20. The van der Waals surface area contributed by atoms with Crippen molar-refractivity contribution < 1.29 is 9.84 Å². The molecule has 1 aromatic rings. The minimum Gasteiger partial charge on any atom is -0.494 e. The van der Waals surface area contributed by atoms with Crippen molar-refractivity contribution >= 4 is 0 Å². The van der Waals surface area contributed by atoms with Gasteiger partial charge in [0, 0.05) is 6.61 Å². The fourth-order valence-electron chi connectivity index (χ4n) is 1.76. The number of rotatable bonds is 10. The van der Waals surface area contributed by atoms with Crippen LogP contribution in [0, 0.1) is 6.07 Å². The largest absolute Gasteiger partial charge is 0.494 e. The van der Waals surface area contributed by atoms with Crippen LogP contribution >= 0.6 is 0 Å². The Balaban J connectivity index is 1.85. The third-order valence-electron chi connectivity index (χ3n) is 2.76. The van der Waals surface area contributed by atoms with Crippen molar-refractivity contribution in [3.63, 3.8) is 0 Å². The number of aliphatic hydroxyl groups is 1. The van der Waals surface area contributed by atoms with Crippen molar-refractivity contribution in [2.45, 2.75) is 44.9 Å². The van der Waals surface area contributed by atoms with Crippen molar-refractivity contribution in [2.75, 3.05) is 13.2 Å². The summed E-state index contributed by atoms with van der Waals surface area (Å²) in [5.41, 5.74) is 0. The van der Waals surface area contributed by atoms with E-state index in [1.54, 1.807) is 0 Å². The normalized spacial score (nSPS) is 10.4. The fourth-order valence-corrected chi connectivity index (χ4v) is 1.76. The molecule has 0 bridgehead atoms. The summed E-state index contributed by atoms with van der Waals surface area (Å²) < 4.78 is 5.60. The summed E-state index contributed by atoms with van der Waals surface area (Å²) in [4.78, 5) is 0. The SMILES string of the molecule is OCCCCCCCCCOc1cc[c]cc1. The molecule has 2 nitrogen and oxygen atoms in total. The maximum Gasteiger partial charge on any atom is 0.119 e. The highest BCUT2D eigenvalue weighted by Crippen LogP contribution is 2.10. The summed E-state index contributed by atoms with van der Waals surface area (Å²) in [7, 11) is 0. The Bertz CT molecular complexity index is 259. The zero-order valence-electron chi connectivity index (χ0n) is 10.5. The van der Waals surface area contributed by atoms with E-state index in [1.165, 1.54) is 25.7 Å². The molecule has 0 saturated carbocycles. The number of unbranched alkanes of at least 4 members (excludes halogenated alkanes) is 6. The van der Waals surface area contributed by atoms with Gasteiger partial charge >= 0.3 is 0 Å². The van der Waals surface area contributed by atoms with Crippen LogP contribution in [0.25, 0.3) is 0 Å². The molecule has 1 N–H and O–H groups in total. The van der Waals surface area contributed by atoms with Crippen molar-refractivity contribution in [1.29, 1.82) is 0 Å². The van der Waals surface area contributed by atoms with E-state index < -0.39 is 0 Å². The van der Waals surface area contributed by atoms with Crippen molar-refractivity contribution in [1.82, 2.24) is 0 Å². The molecular weight excluding hydrogens is 212 g/mol. The first kappa shape index (κ1) is 14.0. The summed E-state index contributed by atoms with van der Waals surface area (Å²) in [6.45, 7) is 1.14. The van der Waals surface area contributed by atoms with Gasteiger partial charge in [-0.1, -0.05) is 44.2 Å². The van der Waals surface area contributed by atoms with Gasteiger partial charge in [-0.05, 0) is 31.0 Å². The van der Waals surface area contributed by atoms with Crippen LogP contribution < -0.4 is 4.74 Å². The zero-order valence-corrected chi connectivity index (χ0v) is 10.5. The van der Waals surface area contributed by atoms with Gasteiger partial charge in [0.2, 0.25) is 0 Å². The van der Waals surface area contributed by atoms with Gasteiger partial charge < -0.3 is 9.84 Å². The van der Waals surface area contributed by atoms with Gasteiger partial charge in [-0.2, -0.15) is 0 Å². The molecule has 0 aliphatic carbocycles. The van der Waals surface area contributed by atoms with Crippen LogP contribution in [0.15, 0.2) is 24.3 Å². The van der Waals surface area contributed by atoms with Gasteiger partial charge in [-0.15, -0.1) is 0 Å². The van der Waals surface area contributed by atoms with Crippen molar-refractivity contribution in [2.24, 2.45) is 0 Å². The van der Waals surface area contributed by atoms with Crippen LogP contribution in [0.3, 0.4) is 0 Å². The Morgan fingerprint density at radius 3 is 2.12 bits per heavy atom. The van der Waals surface area contributed by atoms with E-state index >= 15 is 0 Å². The van der Waals surface area contributed by atoms with Gasteiger partial charge in [-0.25, -0.2) is 0 Å². The van der Waals surface area contributed by atoms with Crippen LogP contribution in [0.2, 0.25) is 0 Å². The summed E-state index contributed by atoms with van der Waals surface area (Å²) in [6, 6.07) is 10.6. The lowest BCUT2D eigenvalue weighted by Gasteiger charge is -2.05. The maximum atomic E-state index is 8.63. The second kappa shape index (κ2) is 10.2. The van der Waals surface area contributed by atoms with Crippen LogP contribution in [-0.4, -0.2) is 18.3 Å². The summed E-state index contributed by atoms with van der Waals surface area (Å²) >= 11 is 0. The minimum atomic E-state index is 0.336. The Labute approximate surface area is 105 Å². The van der Waals surface area contributed by atoms with Crippen LogP contribution in [0.5, 0.6) is 5.75 Å². The van der Waals surface area contributed by atoms with Crippen LogP contribution in [0.1, 0.15) is 44.9 Å². The first-order chi connectivity index (χ1) is 8.43. The second-order valence-corrected chi connectivity index (χ2v) is 4.28. The molecule has 0 spiro atoms. The highest BCUT2D eigenvalue weighted by atomic mass is 16.5. The van der Waals surface area contributed by atoms with E-state index in [0.717, 1.165) is 31.6 Å². The Kier molecular flexibility index (Phi) is 8.39. The first-order valence-electron chi connectivity index (χ1n) is 6.63. The molecule has 0 aliphatic rings. The molecule has 0 aliphatic heterocycles. The van der Waals surface area contributed by atoms with E-state index in [2.05, 4.69) is 6.07 Å². The molecule has 1 aromatic carbocycles. The quantitative estimate of drug-likeness (QED) is 0.628. The van der Waals surface area contributed by atoms with Gasteiger partial charge in [0.05, 0.1) is 6.61 Å². The van der Waals surface area contributed by atoms with E-state index in [4.69, 9.17) is 9.84 Å². The molecule has 2 heteroatoms. The van der Waals surface area contributed by atoms with Gasteiger partial charge in [0.15, 0.2) is 0 Å². The highest BCUT2D eigenvalue weighted by Gasteiger charge is 1.93. The number of aliphatic hydroxyl groups excluding tert-OH is 1. The van der Waals surface area contributed by atoms with Crippen LogP contribution in [-0.2, 0) is 0 Å². The fraction of sp³-hybridized carbons (Fsp3) is 0.600. The number of hydrogen-bond acceptors (Lipinski definition) is 2. The summed E-state index contributed by atoms with van der Waals surface area (Å²) in [6.07, 6.45) is 8.27. The van der Waals surface area contributed by atoms with Crippen LogP contribution in [0.4, 0.5) is 0 Å². The molecule has 0 atom stereocenters. The third-order valence-corrected chi connectivity index (χ3v) is 2.76. The lowest BCUT2D eigenvalue weighted by Crippen LogP contribution is -1.96. The molecule has 0 aromatic heterocycles. The number of benzene rings is 1. The minimum absolute atomic E-state index is 0.336. The standard InChI is InChI=1S/C15H23O2/c16-13-9-4-2-1-3-5-10-14-17-15-11-7-6-8-12-15/h7-8,11-12,16H,1-5,9-10,13-14H2. The van der Waals surface area contributed by atoms with E-state index in [1.807, 2.05) is 24.3 Å². The average molecular weight is 235 g/mol. The van der Waals surface area contributed by atoms with E-state index in [9.17, 15) is 0 Å². The average Bonchev–Trinajstić information content (AvgIpc) is 2.38. The Hall–Kier alpha value is -1.02. The van der Waals surface area contributed by atoms with Gasteiger partial charge in [0.25, 0.3) is 0 Å². The molecular formula is C15H23O2. The van der Waals surface area contributed by atoms with Gasteiger partial charge in [0.1, 0.15) is 5.75 Å². The zero-order chi connectivity index (χ0) is 12.2. The molecule has 17 heavy (non-hydrogen) atoms. The van der Waals surface area contributed by atoms with E-state index in [0.29, 0.717) is 6.61 Å². The Morgan fingerprint density at radius 1 is 0.882 bits per heavy atom. The van der Waals surface area contributed by atoms with E-state index in [-0.39, 0.29) is 0 Å². The predicted molar refractivity (Wildman–Crippen MR) is 70.2 cm³/mol. The molecule has 0 unspecified atom stereocenters. The van der Waals surface area contributed by atoms with Gasteiger partial charge in [-0.3, -0.25) is 0 Å². The first-order valence-corrected chi connectivity index (χ1v) is 6.63. The van der Waals surface area contributed by atoms with Crippen molar-refractivity contribution in [3.8, 4) is 5.75 Å². The monoisotopic (exact) mass is 235 g/mol. The molecule has 0 saturated heterocycles. The number of hydrogen-bond donors (Lipinski definition) is 1. The molecule has 0 heterocycles. The molecule has 1 rings (SSSR count). The van der Waals surface area contributed by atoms with Crippen molar-refractivity contribution in [3.05, 3.63) is 30.3 Å². The lowest BCUT2D eigenvalue weighted by atomic mass is 10.1. The summed E-state index contributed by atoms with van der Waals surface area (Å²) in [5, 5.41) is 8.63. The topological polar surface area (TPSA) is 29.5 Å². The second-order valence-electron chi connectivity index (χ2n) is 4.28. The Morgan fingerprint density at radius 2 is 1.47 bits per heavy atom. The smallest absolute Gasteiger partial charge is 0.119 e. The lowest BCUT2D eigenvalue weighted by molar-refractivity contribution is 0.281. The predicted octanol–water partition coefficient (Wildman–Crippen LogP) is 3.59. The summed E-state index contributed by atoms with van der Waals surface area (Å²) in [5.74, 6) is 0.937. The molecule has 0 fully saturated rings. The maximum absolute atomic E-state index is 8.63. The molecule has 1 radical (unpaired) electrons.